The molecule has 0 aliphatic rings. The molecule has 0 saturated carbocycles. The Balaban J connectivity index is 2.32. The Morgan fingerprint density at radius 1 is 1.42 bits per heavy atom. The van der Waals surface area contributed by atoms with E-state index in [0.717, 1.165) is 6.42 Å². The fourth-order valence-corrected chi connectivity index (χ4v) is 1.36. The zero-order valence-electron chi connectivity index (χ0n) is 10.9. The summed E-state index contributed by atoms with van der Waals surface area (Å²) in [5, 5.41) is 11.8. The van der Waals surface area contributed by atoms with Gasteiger partial charge in [0.05, 0.1) is 18.9 Å². The van der Waals surface area contributed by atoms with Gasteiger partial charge in [0, 0.05) is 20.3 Å². The van der Waals surface area contributed by atoms with Gasteiger partial charge in [-0.15, -0.1) is 0 Å². The summed E-state index contributed by atoms with van der Waals surface area (Å²) < 4.78 is 10.1. The topological polar surface area (TPSA) is 107 Å². The third kappa shape index (κ3) is 5.54. The maximum atomic E-state index is 10.8. The summed E-state index contributed by atoms with van der Waals surface area (Å²) in [6.45, 7) is 2.33. The molecule has 1 rings (SSSR count). The van der Waals surface area contributed by atoms with Crippen LogP contribution in [0.25, 0.3) is 0 Å². The lowest BCUT2D eigenvalue weighted by atomic mass is 10.3. The van der Waals surface area contributed by atoms with E-state index in [1.54, 1.807) is 7.11 Å². The Labute approximate surface area is 111 Å². The predicted octanol–water partition coefficient (Wildman–Crippen LogP) is 0.827. The number of nitrogens with one attached hydrogen (secondary N) is 1. The Bertz CT molecular complexity index is 412. The van der Waals surface area contributed by atoms with Crippen LogP contribution in [0.2, 0.25) is 0 Å². The van der Waals surface area contributed by atoms with Gasteiger partial charge < -0.3 is 25.6 Å². The maximum absolute atomic E-state index is 10.8. The number of aromatic nitrogens is 1. The number of pyridine rings is 1. The third-order valence-corrected chi connectivity index (χ3v) is 2.34. The van der Waals surface area contributed by atoms with Crippen LogP contribution in [0.4, 0.5) is 11.5 Å². The number of nitrogens with zero attached hydrogens (tertiary/aromatic N) is 1. The lowest BCUT2D eigenvalue weighted by Gasteiger charge is -2.09. The molecule has 0 aromatic carbocycles. The number of anilines is 2. The number of nitrogen functional groups attached to an aromatic ring is 1. The summed E-state index contributed by atoms with van der Waals surface area (Å²) in [7, 11) is 1.62. The van der Waals surface area contributed by atoms with E-state index in [2.05, 4.69) is 10.3 Å². The van der Waals surface area contributed by atoms with E-state index in [9.17, 15) is 4.79 Å². The lowest BCUT2D eigenvalue weighted by molar-refractivity contribution is 0.0690. The van der Waals surface area contributed by atoms with Crippen molar-refractivity contribution in [1.29, 1.82) is 0 Å². The molecule has 106 valence electrons. The normalized spacial score (nSPS) is 10.4. The number of nitrogens with two attached hydrogens (primary N) is 1. The minimum atomic E-state index is -1.08. The number of methoxy groups -OCH3 is 1. The van der Waals surface area contributed by atoms with Crippen molar-refractivity contribution in [3.63, 3.8) is 0 Å². The van der Waals surface area contributed by atoms with Gasteiger partial charge in [0.25, 0.3) is 0 Å². The smallest absolute Gasteiger partial charge is 0.354 e. The molecule has 0 unspecified atom stereocenters. The van der Waals surface area contributed by atoms with E-state index < -0.39 is 5.97 Å². The van der Waals surface area contributed by atoms with Crippen LogP contribution in [-0.4, -0.2) is 49.5 Å². The van der Waals surface area contributed by atoms with Gasteiger partial charge in [-0.25, -0.2) is 9.78 Å². The number of hydrogen-bond donors (Lipinski definition) is 3. The summed E-state index contributed by atoms with van der Waals surface area (Å²) in [6.07, 6.45) is 0.766. The Hall–Kier alpha value is -1.86. The van der Waals surface area contributed by atoms with Gasteiger partial charge >= 0.3 is 5.97 Å². The quantitative estimate of drug-likeness (QED) is 0.570. The zero-order valence-corrected chi connectivity index (χ0v) is 10.9. The van der Waals surface area contributed by atoms with Crippen LogP contribution in [-0.2, 0) is 9.47 Å². The minimum absolute atomic E-state index is 0.0342. The van der Waals surface area contributed by atoms with Gasteiger partial charge in [-0.05, 0) is 18.6 Å². The molecule has 1 heterocycles. The summed E-state index contributed by atoms with van der Waals surface area (Å²) in [5.74, 6) is -0.692. The number of carboxylic acid groups (broad SMARTS) is 1. The SMILES string of the molecule is COCCOCCCNc1nc(C(=O)O)ccc1N. The van der Waals surface area contributed by atoms with Crippen molar-refractivity contribution in [1.82, 2.24) is 4.98 Å². The van der Waals surface area contributed by atoms with E-state index in [-0.39, 0.29) is 5.69 Å². The first-order chi connectivity index (χ1) is 9.15. The fraction of sp³-hybridized carbons (Fsp3) is 0.500. The van der Waals surface area contributed by atoms with Gasteiger partial charge in [0.15, 0.2) is 5.69 Å². The van der Waals surface area contributed by atoms with E-state index in [0.29, 0.717) is 37.9 Å². The average molecular weight is 269 g/mol. The molecule has 0 aliphatic heterocycles. The second-order valence-corrected chi connectivity index (χ2v) is 3.82. The number of ether oxygens (including phenoxy) is 2. The van der Waals surface area contributed by atoms with Crippen LogP contribution in [0.3, 0.4) is 0 Å². The van der Waals surface area contributed by atoms with Crippen LogP contribution >= 0.6 is 0 Å². The van der Waals surface area contributed by atoms with Crippen LogP contribution in [0.15, 0.2) is 12.1 Å². The highest BCUT2D eigenvalue weighted by atomic mass is 16.5. The van der Waals surface area contributed by atoms with Crippen molar-refractivity contribution in [2.24, 2.45) is 0 Å². The molecular formula is C12H19N3O4. The second-order valence-electron chi connectivity index (χ2n) is 3.82. The minimum Gasteiger partial charge on any atom is -0.477 e. The maximum Gasteiger partial charge on any atom is 0.354 e. The van der Waals surface area contributed by atoms with Gasteiger partial charge in [0.2, 0.25) is 0 Å². The van der Waals surface area contributed by atoms with Crippen molar-refractivity contribution in [2.45, 2.75) is 6.42 Å². The zero-order chi connectivity index (χ0) is 14.1. The Morgan fingerprint density at radius 2 is 2.21 bits per heavy atom. The molecule has 1 aromatic heterocycles. The van der Waals surface area contributed by atoms with E-state index in [1.807, 2.05) is 0 Å². The number of carbonyl (C=O) groups is 1. The van der Waals surface area contributed by atoms with Crippen LogP contribution < -0.4 is 11.1 Å². The van der Waals surface area contributed by atoms with Gasteiger partial charge in [-0.3, -0.25) is 0 Å². The monoisotopic (exact) mass is 269 g/mol. The van der Waals surface area contributed by atoms with Crippen molar-refractivity contribution >= 4 is 17.5 Å². The standard InChI is InChI=1S/C12H19N3O4/c1-18-7-8-19-6-2-5-14-11-9(13)3-4-10(15-11)12(16)17/h3-4H,2,5-8,13H2,1H3,(H,14,15)(H,16,17). The molecule has 0 saturated heterocycles. The Kier molecular flexibility index (Phi) is 6.62. The highest BCUT2D eigenvalue weighted by Gasteiger charge is 2.07. The Morgan fingerprint density at radius 3 is 2.89 bits per heavy atom. The van der Waals surface area contributed by atoms with E-state index in [1.165, 1.54) is 12.1 Å². The first-order valence-corrected chi connectivity index (χ1v) is 5.95. The van der Waals surface area contributed by atoms with Gasteiger partial charge in [0.1, 0.15) is 5.82 Å². The average Bonchev–Trinajstić information content (AvgIpc) is 2.39. The first-order valence-electron chi connectivity index (χ1n) is 5.95. The van der Waals surface area contributed by atoms with E-state index in [4.69, 9.17) is 20.3 Å². The second kappa shape index (κ2) is 8.28. The summed E-state index contributed by atoms with van der Waals surface area (Å²) in [4.78, 5) is 14.7. The summed E-state index contributed by atoms with van der Waals surface area (Å²) in [6, 6.07) is 2.89. The molecule has 0 fully saturated rings. The van der Waals surface area contributed by atoms with Crippen molar-refractivity contribution < 1.29 is 19.4 Å². The molecule has 7 nitrogen and oxygen atoms in total. The molecule has 0 aliphatic carbocycles. The van der Waals surface area contributed by atoms with Crippen molar-refractivity contribution in [3.8, 4) is 0 Å². The van der Waals surface area contributed by atoms with Gasteiger partial charge in [-0.1, -0.05) is 0 Å². The highest BCUT2D eigenvalue weighted by molar-refractivity contribution is 5.86. The number of carboxylic acids is 1. The fourth-order valence-electron chi connectivity index (χ4n) is 1.36. The van der Waals surface area contributed by atoms with Crippen molar-refractivity contribution in [2.75, 3.05) is 44.5 Å². The highest BCUT2D eigenvalue weighted by Crippen LogP contribution is 2.15. The molecule has 19 heavy (non-hydrogen) atoms. The van der Waals surface area contributed by atoms with Gasteiger partial charge in [-0.2, -0.15) is 0 Å². The van der Waals surface area contributed by atoms with Crippen LogP contribution in [0, 0.1) is 0 Å². The molecule has 0 atom stereocenters. The largest absolute Gasteiger partial charge is 0.477 e. The predicted molar refractivity (Wildman–Crippen MR) is 71.4 cm³/mol. The molecule has 7 heteroatoms. The lowest BCUT2D eigenvalue weighted by Crippen LogP contribution is -2.12. The molecule has 0 spiro atoms. The first kappa shape index (κ1) is 15.2. The molecule has 1 aromatic rings. The molecule has 0 bridgehead atoms. The van der Waals surface area contributed by atoms with Crippen molar-refractivity contribution in [3.05, 3.63) is 17.8 Å². The molecule has 0 radical (unpaired) electrons. The number of hydrogen-bond acceptors (Lipinski definition) is 6. The molecule has 4 N–H and O–H groups in total. The summed E-state index contributed by atoms with van der Waals surface area (Å²) in [5.41, 5.74) is 6.09. The third-order valence-electron chi connectivity index (χ3n) is 2.34. The van der Waals surface area contributed by atoms with E-state index >= 15 is 0 Å². The molecular weight excluding hydrogens is 250 g/mol. The number of rotatable bonds is 9. The van der Waals surface area contributed by atoms with Crippen LogP contribution in [0.1, 0.15) is 16.9 Å². The van der Waals surface area contributed by atoms with Crippen LogP contribution in [0.5, 0.6) is 0 Å². The summed E-state index contributed by atoms with van der Waals surface area (Å²) >= 11 is 0. The number of aromatic carboxylic acids is 1. The molecule has 0 amide bonds.